The number of carbonyl (C=O) groups is 1. The number of rotatable bonds is 8. The van der Waals surface area contributed by atoms with Gasteiger partial charge in [0.15, 0.2) is 10.9 Å². The van der Waals surface area contributed by atoms with Crippen LogP contribution < -0.4 is 5.32 Å². The lowest BCUT2D eigenvalue weighted by Gasteiger charge is -2.18. The van der Waals surface area contributed by atoms with E-state index >= 15 is 0 Å². The molecule has 0 atom stereocenters. The summed E-state index contributed by atoms with van der Waals surface area (Å²) < 4.78 is 27.6. The summed E-state index contributed by atoms with van der Waals surface area (Å²) in [6.07, 6.45) is 0. The van der Waals surface area contributed by atoms with Crippen LogP contribution in [0.15, 0.2) is 41.3 Å². The maximum Gasteiger partial charge on any atom is 0.243 e. The molecule has 0 saturated heterocycles. The fourth-order valence-electron chi connectivity index (χ4n) is 3.23. The Labute approximate surface area is 175 Å². The summed E-state index contributed by atoms with van der Waals surface area (Å²) >= 11 is 1.52. The highest BCUT2D eigenvalue weighted by molar-refractivity contribution is 7.89. The van der Waals surface area contributed by atoms with Gasteiger partial charge in [-0.15, -0.1) is 0 Å². The zero-order valence-corrected chi connectivity index (χ0v) is 18.7. The second-order valence-electron chi connectivity index (χ2n) is 6.84. The van der Waals surface area contributed by atoms with Gasteiger partial charge >= 0.3 is 0 Å². The monoisotopic (exact) mass is 431 g/mol. The molecular weight excluding hydrogens is 406 g/mol. The average Bonchev–Trinajstić information content (AvgIpc) is 3.10. The molecule has 8 heteroatoms. The van der Waals surface area contributed by atoms with Gasteiger partial charge in [-0.25, -0.2) is 13.4 Å². The van der Waals surface area contributed by atoms with Gasteiger partial charge in [0.05, 0.1) is 21.7 Å². The molecule has 29 heavy (non-hydrogen) atoms. The van der Waals surface area contributed by atoms with Crippen molar-refractivity contribution in [3.8, 4) is 0 Å². The first-order valence-electron chi connectivity index (χ1n) is 9.51. The van der Waals surface area contributed by atoms with Gasteiger partial charge in [0.25, 0.3) is 0 Å². The van der Waals surface area contributed by atoms with Gasteiger partial charge in [-0.05, 0) is 55.3 Å². The van der Waals surface area contributed by atoms with Crippen LogP contribution in [0.4, 0.5) is 5.13 Å². The molecular formula is C21H25N3O3S2. The average molecular weight is 432 g/mol. The maximum absolute atomic E-state index is 12.5. The van der Waals surface area contributed by atoms with Crippen LogP contribution in [-0.4, -0.2) is 43.1 Å². The second-order valence-corrected chi connectivity index (χ2v) is 9.81. The molecule has 1 N–H and O–H groups in total. The van der Waals surface area contributed by atoms with E-state index < -0.39 is 10.0 Å². The first-order valence-corrected chi connectivity index (χ1v) is 11.8. The van der Waals surface area contributed by atoms with Crippen molar-refractivity contribution >= 4 is 42.5 Å². The zero-order chi connectivity index (χ0) is 21.2. The van der Waals surface area contributed by atoms with Gasteiger partial charge in [-0.2, -0.15) is 4.31 Å². The Kier molecular flexibility index (Phi) is 6.36. The van der Waals surface area contributed by atoms with E-state index in [1.807, 2.05) is 13.8 Å². The summed E-state index contributed by atoms with van der Waals surface area (Å²) in [4.78, 5) is 17.3. The van der Waals surface area contributed by atoms with E-state index in [1.165, 1.54) is 33.3 Å². The van der Waals surface area contributed by atoms with E-state index in [0.29, 0.717) is 23.8 Å². The maximum atomic E-state index is 12.5. The minimum Gasteiger partial charge on any atom is -0.354 e. The molecule has 6 nitrogen and oxygen atoms in total. The highest BCUT2D eigenvalue weighted by Gasteiger charge is 2.21. The van der Waals surface area contributed by atoms with E-state index in [0.717, 1.165) is 15.8 Å². The van der Waals surface area contributed by atoms with E-state index in [4.69, 9.17) is 0 Å². The molecule has 0 amide bonds. The predicted octanol–water partition coefficient (Wildman–Crippen LogP) is 4.24. The molecule has 0 fully saturated rings. The van der Waals surface area contributed by atoms with Crippen LogP contribution in [0.2, 0.25) is 0 Å². The quantitative estimate of drug-likeness (QED) is 0.540. The Morgan fingerprint density at radius 1 is 1.10 bits per heavy atom. The number of aryl methyl sites for hydroxylation is 2. The van der Waals surface area contributed by atoms with Gasteiger partial charge in [0.1, 0.15) is 0 Å². The molecule has 0 spiro atoms. The summed E-state index contributed by atoms with van der Waals surface area (Å²) in [5.74, 6) is -0.121. The number of benzene rings is 2. The topological polar surface area (TPSA) is 79.4 Å². The third-order valence-corrected chi connectivity index (χ3v) is 7.77. The Hall–Kier alpha value is -2.29. The van der Waals surface area contributed by atoms with Gasteiger partial charge in [0, 0.05) is 18.7 Å². The third kappa shape index (κ3) is 4.49. The SMILES string of the molecule is CCN(CC)S(=O)(=O)c1ccc(C(=O)CNc2nc3c(C)cc(C)cc3s2)cc1. The highest BCUT2D eigenvalue weighted by atomic mass is 32.2. The number of Topliss-reactive ketones (excluding diaryl/α,β-unsaturated/α-hetero) is 1. The molecule has 2 aromatic carbocycles. The van der Waals surface area contributed by atoms with Crippen molar-refractivity contribution in [3.05, 3.63) is 53.1 Å². The third-order valence-electron chi connectivity index (χ3n) is 4.75. The molecule has 1 aromatic heterocycles. The Morgan fingerprint density at radius 2 is 1.76 bits per heavy atom. The fourth-order valence-corrected chi connectivity index (χ4v) is 5.73. The van der Waals surface area contributed by atoms with Crippen LogP contribution >= 0.6 is 11.3 Å². The minimum absolute atomic E-state index is 0.0972. The van der Waals surface area contributed by atoms with Crippen molar-refractivity contribution < 1.29 is 13.2 Å². The number of anilines is 1. The zero-order valence-electron chi connectivity index (χ0n) is 17.0. The molecule has 0 aliphatic rings. The molecule has 0 saturated carbocycles. The summed E-state index contributed by atoms with van der Waals surface area (Å²) in [6.45, 7) is 8.59. The normalized spacial score (nSPS) is 11.9. The number of thiazole rings is 1. The number of hydrogen-bond donors (Lipinski definition) is 1. The summed E-state index contributed by atoms with van der Waals surface area (Å²) in [5, 5.41) is 3.79. The molecule has 0 unspecified atom stereocenters. The van der Waals surface area contributed by atoms with Crippen molar-refractivity contribution in [1.29, 1.82) is 0 Å². The lowest BCUT2D eigenvalue weighted by molar-refractivity contribution is 0.101. The summed E-state index contributed by atoms with van der Waals surface area (Å²) in [5.41, 5.74) is 3.70. The van der Waals surface area contributed by atoms with Crippen LogP contribution in [0, 0.1) is 13.8 Å². The number of ketones is 1. The summed E-state index contributed by atoms with van der Waals surface area (Å²) in [6, 6.07) is 10.3. The van der Waals surface area contributed by atoms with Crippen molar-refractivity contribution in [2.45, 2.75) is 32.6 Å². The van der Waals surface area contributed by atoms with Gasteiger partial charge < -0.3 is 5.32 Å². The van der Waals surface area contributed by atoms with Gasteiger partial charge in [-0.3, -0.25) is 4.79 Å². The Balaban J connectivity index is 1.71. The van der Waals surface area contributed by atoms with E-state index in [9.17, 15) is 13.2 Å². The van der Waals surface area contributed by atoms with Crippen molar-refractivity contribution in [1.82, 2.24) is 9.29 Å². The lowest BCUT2D eigenvalue weighted by Crippen LogP contribution is -2.30. The predicted molar refractivity (Wildman–Crippen MR) is 118 cm³/mol. The molecule has 1 heterocycles. The molecule has 3 rings (SSSR count). The Bertz CT molecular complexity index is 1130. The van der Waals surface area contributed by atoms with Crippen molar-refractivity contribution in [2.24, 2.45) is 0 Å². The number of nitrogens with one attached hydrogen (secondary N) is 1. The fraction of sp³-hybridized carbons (Fsp3) is 0.333. The van der Waals surface area contributed by atoms with Crippen LogP contribution in [0.1, 0.15) is 35.3 Å². The van der Waals surface area contributed by atoms with Crippen LogP contribution in [-0.2, 0) is 10.0 Å². The molecule has 154 valence electrons. The van der Waals surface area contributed by atoms with Crippen molar-refractivity contribution in [2.75, 3.05) is 25.0 Å². The van der Waals surface area contributed by atoms with Crippen LogP contribution in [0.3, 0.4) is 0 Å². The summed E-state index contributed by atoms with van der Waals surface area (Å²) in [7, 11) is -3.52. The van der Waals surface area contributed by atoms with E-state index in [2.05, 4.69) is 22.4 Å². The smallest absolute Gasteiger partial charge is 0.243 e. The molecule has 0 aliphatic carbocycles. The molecule has 3 aromatic rings. The number of carbonyl (C=O) groups excluding carboxylic acids is 1. The first kappa shape index (κ1) is 21.4. The number of aromatic nitrogens is 1. The first-order chi connectivity index (χ1) is 13.8. The number of sulfonamides is 1. The number of hydrogen-bond acceptors (Lipinski definition) is 6. The van der Waals surface area contributed by atoms with Crippen LogP contribution in [0.25, 0.3) is 10.2 Å². The van der Waals surface area contributed by atoms with Gasteiger partial charge in [0.2, 0.25) is 10.0 Å². The number of fused-ring (bicyclic) bond motifs is 1. The standard InChI is InChI=1S/C21H25N3O3S2/c1-5-24(6-2)29(26,27)17-9-7-16(8-10-17)18(25)13-22-21-23-20-15(4)11-14(3)12-19(20)28-21/h7-12H,5-6,13H2,1-4H3,(H,22,23). The minimum atomic E-state index is -3.52. The lowest BCUT2D eigenvalue weighted by atomic mass is 10.1. The number of nitrogens with zero attached hydrogens (tertiary/aromatic N) is 2. The van der Waals surface area contributed by atoms with E-state index in [-0.39, 0.29) is 17.2 Å². The van der Waals surface area contributed by atoms with E-state index in [1.54, 1.807) is 26.0 Å². The second kappa shape index (κ2) is 8.61. The molecule has 0 aliphatic heterocycles. The van der Waals surface area contributed by atoms with Crippen molar-refractivity contribution in [3.63, 3.8) is 0 Å². The Morgan fingerprint density at radius 3 is 2.38 bits per heavy atom. The molecule has 0 radical (unpaired) electrons. The molecule has 0 bridgehead atoms. The highest BCUT2D eigenvalue weighted by Crippen LogP contribution is 2.29. The van der Waals surface area contributed by atoms with Gasteiger partial charge in [-0.1, -0.05) is 31.3 Å². The largest absolute Gasteiger partial charge is 0.354 e. The van der Waals surface area contributed by atoms with Crippen LogP contribution in [0.5, 0.6) is 0 Å².